The van der Waals surface area contributed by atoms with Crippen molar-refractivity contribution >= 4 is 11.6 Å². The Kier molecular flexibility index (Phi) is 4.66. The molecule has 0 aromatic heterocycles. The van der Waals surface area contributed by atoms with Crippen LogP contribution >= 0.6 is 11.6 Å². The molecule has 0 saturated heterocycles. The van der Waals surface area contributed by atoms with Gasteiger partial charge in [-0.05, 0) is 37.3 Å². The number of halogens is 1. The van der Waals surface area contributed by atoms with Crippen LogP contribution in [0.5, 0.6) is 0 Å². The van der Waals surface area contributed by atoms with E-state index in [1.54, 1.807) is 0 Å². The predicted octanol–water partition coefficient (Wildman–Crippen LogP) is 4.50. The van der Waals surface area contributed by atoms with E-state index in [9.17, 15) is 0 Å². The van der Waals surface area contributed by atoms with Crippen molar-refractivity contribution in [2.24, 2.45) is 5.92 Å². The standard InChI is InChI=1S/C14H21Cl/c1-5-11(3)14(15)9-13-8-10(2)6-7-12(13)4/h6-8,11,14H,5,9H2,1-4H3. The van der Waals surface area contributed by atoms with Crippen LogP contribution in [0.25, 0.3) is 0 Å². The maximum atomic E-state index is 6.39. The largest absolute Gasteiger partial charge is 0.122 e. The summed E-state index contributed by atoms with van der Waals surface area (Å²) in [6.07, 6.45) is 2.14. The Morgan fingerprint density at radius 2 is 1.93 bits per heavy atom. The van der Waals surface area contributed by atoms with Crippen molar-refractivity contribution in [3.63, 3.8) is 0 Å². The molecule has 0 nitrogen and oxygen atoms in total. The zero-order valence-electron chi connectivity index (χ0n) is 10.2. The molecule has 1 rings (SSSR count). The summed E-state index contributed by atoms with van der Waals surface area (Å²) >= 11 is 6.39. The van der Waals surface area contributed by atoms with Crippen LogP contribution in [0.2, 0.25) is 0 Å². The summed E-state index contributed by atoms with van der Waals surface area (Å²) in [5.74, 6) is 0.589. The Hall–Kier alpha value is -0.490. The fraction of sp³-hybridized carbons (Fsp3) is 0.571. The van der Waals surface area contributed by atoms with Crippen molar-refractivity contribution in [1.29, 1.82) is 0 Å². The first-order valence-electron chi connectivity index (χ1n) is 5.74. The van der Waals surface area contributed by atoms with E-state index in [1.807, 2.05) is 0 Å². The van der Waals surface area contributed by atoms with Gasteiger partial charge in [-0.1, -0.05) is 44.0 Å². The Labute approximate surface area is 98.7 Å². The van der Waals surface area contributed by atoms with Gasteiger partial charge in [0.2, 0.25) is 0 Å². The number of hydrogen-bond acceptors (Lipinski definition) is 0. The van der Waals surface area contributed by atoms with E-state index >= 15 is 0 Å². The average molecular weight is 225 g/mol. The lowest BCUT2D eigenvalue weighted by Crippen LogP contribution is -2.14. The molecule has 1 heteroatoms. The molecular formula is C14H21Cl. The van der Waals surface area contributed by atoms with Crippen LogP contribution in [0, 0.1) is 19.8 Å². The third-order valence-corrected chi connectivity index (χ3v) is 3.77. The molecule has 0 saturated carbocycles. The third kappa shape index (κ3) is 3.53. The van der Waals surface area contributed by atoms with Crippen LogP contribution in [-0.4, -0.2) is 5.38 Å². The van der Waals surface area contributed by atoms with Gasteiger partial charge in [0, 0.05) is 5.38 Å². The molecule has 0 aliphatic heterocycles. The smallest absolute Gasteiger partial charge is 0.0401 e. The number of rotatable bonds is 4. The average Bonchev–Trinajstić information content (AvgIpc) is 2.22. The van der Waals surface area contributed by atoms with E-state index in [-0.39, 0.29) is 5.38 Å². The van der Waals surface area contributed by atoms with E-state index in [4.69, 9.17) is 11.6 Å². The molecule has 0 heterocycles. The number of benzene rings is 1. The Morgan fingerprint density at radius 1 is 1.27 bits per heavy atom. The SMILES string of the molecule is CCC(C)C(Cl)Cc1cc(C)ccc1C. The topological polar surface area (TPSA) is 0 Å². The van der Waals surface area contributed by atoms with E-state index in [1.165, 1.54) is 16.7 Å². The molecule has 0 aliphatic carbocycles. The van der Waals surface area contributed by atoms with Gasteiger partial charge in [0.1, 0.15) is 0 Å². The van der Waals surface area contributed by atoms with E-state index < -0.39 is 0 Å². The first-order valence-corrected chi connectivity index (χ1v) is 6.18. The lowest BCUT2D eigenvalue weighted by molar-refractivity contribution is 0.524. The summed E-state index contributed by atoms with van der Waals surface area (Å²) in [6, 6.07) is 6.60. The van der Waals surface area contributed by atoms with Crippen molar-refractivity contribution in [2.45, 2.75) is 45.9 Å². The Balaban J connectivity index is 2.75. The third-order valence-electron chi connectivity index (χ3n) is 3.18. The molecule has 0 spiro atoms. The van der Waals surface area contributed by atoms with Crippen LogP contribution in [0.1, 0.15) is 37.0 Å². The fourth-order valence-corrected chi connectivity index (χ4v) is 2.03. The number of alkyl halides is 1. The maximum absolute atomic E-state index is 6.39. The Bertz CT molecular complexity index is 317. The molecule has 1 aromatic rings. The number of aryl methyl sites for hydroxylation is 2. The van der Waals surface area contributed by atoms with E-state index in [2.05, 4.69) is 45.9 Å². The normalized spacial score (nSPS) is 15.0. The summed E-state index contributed by atoms with van der Waals surface area (Å²) in [4.78, 5) is 0. The van der Waals surface area contributed by atoms with Crippen molar-refractivity contribution in [3.8, 4) is 0 Å². The second-order valence-corrected chi connectivity index (χ2v) is 5.10. The molecule has 2 unspecified atom stereocenters. The van der Waals surface area contributed by atoms with Crippen LogP contribution in [0.4, 0.5) is 0 Å². The molecule has 0 amide bonds. The minimum absolute atomic E-state index is 0.260. The highest BCUT2D eigenvalue weighted by Crippen LogP contribution is 2.21. The van der Waals surface area contributed by atoms with E-state index in [0.717, 1.165) is 12.8 Å². The Morgan fingerprint density at radius 3 is 2.53 bits per heavy atom. The molecule has 0 bridgehead atoms. The van der Waals surface area contributed by atoms with Crippen LogP contribution in [0.15, 0.2) is 18.2 Å². The highest BCUT2D eigenvalue weighted by atomic mass is 35.5. The molecule has 84 valence electrons. The lowest BCUT2D eigenvalue weighted by atomic mass is 9.95. The second kappa shape index (κ2) is 5.55. The van der Waals surface area contributed by atoms with Crippen molar-refractivity contribution in [2.75, 3.05) is 0 Å². The molecule has 0 aliphatic rings. The van der Waals surface area contributed by atoms with Gasteiger partial charge in [0.25, 0.3) is 0 Å². The predicted molar refractivity (Wildman–Crippen MR) is 68.7 cm³/mol. The van der Waals surface area contributed by atoms with Crippen molar-refractivity contribution < 1.29 is 0 Å². The fourth-order valence-electron chi connectivity index (χ4n) is 1.69. The van der Waals surface area contributed by atoms with Gasteiger partial charge in [-0.2, -0.15) is 0 Å². The summed E-state index contributed by atoms with van der Waals surface area (Å²) in [5.41, 5.74) is 4.08. The number of hydrogen-bond donors (Lipinski definition) is 0. The zero-order valence-corrected chi connectivity index (χ0v) is 10.9. The molecule has 0 N–H and O–H groups in total. The van der Waals surface area contributed by atoms with Gasteiger partial charge in [0.15, 0.2) is 0 Å². The van der Waals surface area contributed by atoms with Gasteiger partial charge in [-0.3, -0.25) is 0 Å². The molecule has 0 fully saturated rings. The second-order valence-electron chi connectivity index (χ2n) is 4.54. The van der Waals surface area contributed by atoms with Gasteiger partial charge in [-0.15, -0.1) is 11.6 Å². The zero-order chi connectivity index (χ0) is 11.4. The van der Waals surface area contributed by atoms with Crippen LogP contribution in [0.3, 0.4) is 0 Å². The van der Waals surface area contributed by atoms with Crippen molar-refractivity contribution in [1.82, 2.24) is 0 Å². The van der Waals surface area contributed by atoms with Crippen LogP contribution in [-0.2, 0) is 6.42 Å². The van der Waals surface area contributed by atoms with E-state index in [0.29, 0.717) is 5.92 Å². The quantitative estimate of drug-likeness (QED) is 0.661. The molecule has 15 heavy (non-hydrogen) atoms. The minimum Gasteiger partial charge on any atom is -0.122 e. The van der Waals surface area contributed by atoms with Crippen LogP contribution < -0.4 is 0 Å². The first kappa shape index (κ1) is 12.6. The van der Waals surface area contributed by atoms with Gasteiger partial charge >= 0.3 is 0 Å². The molecule has 0 radical (unpaired) electrons. The summed E-state index contributed by atoms with van der Waals surface area (Å²) < 4.78 is 0. The highest BCUT2D eigenvalue weighted by Gasteiger charge is 2.14. The first-order chi connectivity index (χ1) is 7.04. The lowest BCUT2D eigenvalue weighted by Gasteiger charge is -2.17. The molecule has 1 aromatic carbocycles. The van der Waals surface area contributed by atoms with Gasteiger partial charge in [-0.25, -0.2) is 0 Å². The summed E-state index contributed by atoms with van der Waals surface area (Å²) in [6.45, 7) is 8.72. The van der Waals surface area contributed by atoms with Gasteiger partial charge in [0.05, 0.1) is 0 Å². The van der Waals surface area contributed by atoms with Crippen molar-refractivity contribution in [3.05, 3.63) is 34.9 Å². The summed E-state index contributed by atoms with van der Waals surface area (Å²) in [5, 5.41) is 0.260. The monoisotopic (exact) mass is 224 g/mol. The minimum atomic E-state index is 0.260. The highest BCUT2D eigenvalue weighted by molar-refractivity contribution is 6.20. The maximum Gasteiger partial charge on any atom is 0.0401 e. The molecular weight excluding hydrogens is 204 g/mol. The van der Waals surface area contributed by atoms with Gasteiger partial charge < -0.3 is 0 Å². The summed E-state index contributed by atoms with van der Waals surface area (Å²) in [7, 11) is 0. The molecule has 2 atom stereocenters.